The van der Waals surface area contributed by atoms with E-state index in [4.69, 9.17) is 16.3 Å². The third-order valence-corrected chi connectivity index (χ3v) is 6.22. The number of rotatable bonds is 6. The van der Waals surface area contributed by atoms with E-state index in [1.165, 1.54) is 6.08 Å². The molecule has 0 unspecified atom stereocenters. The molecular formula is C26H19BrClN3O5. The van der Waals surface area contributed by atoms with Crippen LogP contribution in [0.2, 0.25) is 5.02 Å². The number of benzene rings is 3. The molecule has 5 amide bonds. The normalized spacial score (nSPS) is 14.6. The first-order chi connectivity index (χ1) is 17.2. The van der Waals surface area contributed by atoms with Gasteiger partial charge in [0, 0.05) is 10.7 Å². The fourth-order valence-electron chi connectivity index (χ4n) is 3.37. The quantitative estimate of drug-likeness (QED) is 0.318. The standard InChI is InChI=1S/C26H19BrClN3O5/c1-15-7-9-17(13-21(15)28)29-23(32)14-36-22-10-8-16(12-20(22)27)11-19-24(33)30-26(35)31(25(19)34)18-5-3-2-4-6-18/h2-13H,14H2,1H3,(H,29,32)(H,30,33,35)/b19-11-. The predicted molar refractivity (Wildman–Crippen MR) is 140 cm³/mol. The summed E-state index contributed by atoms with van der Waals surface area (Å²) in [6.07, 6.45) is 1.38. The number of aryl methyl sites for hydroxylation is 1. The van der Waals surface area contributed by atoms with Gasteiger partial charge in [0.2, 0.25) is 0 Å². The van der Waals surface area contributed by atoms with Crippen LogP contribution in [0.1, 0.15) is 11.1 Å². The summed E-state index contributed by atoms with van der Waals surface area (Å²) in [7, 11) is 0. The van der Waals surface area contributed by atoms with E-state index in [0.29, 0.717) is 32.2 Å². The molecular weight excluding hydrogens is 550 g/mol. The van der Waals surface area contributed by atoms with Gasteiger partial charge in [0.05, 0.1) is 10.2 Å². The van der Waals surface area contributed by atoms with Crippen LogP contribution in [-0.4, -0.2) is 30.4 Å². The van der Waals surface area contributed by atoms with Gasteiger partial charge in [-0.25, -0.2) is 9.69 Å². The van der Waals surface area contributed by atoms with E-state index in [9.17, 15) is 19.2 Å². The first-order valence-electron chi connectivity index (χ1n) is 10.7. The summed E-state index contributed by atoms with van der Waals surface area (Å²) in [5.41, 5.74) is 2.11. The van der Waals surface area contributed by atoms with E-state index in [-0.39, 0.29) is 18.1 Å². The minimum absolute atomic E-state index is 0.199. The number of nitrogens with zero attached hydrogens (tertiary/aromatic N) is 1. The van der Waals surface area contributed by atoms with E-state index in [0.717, 1.165) is 10.5 Å². The molecule has 0 radical (unpaired) electrons. The third kappa shape index (κ3) is 5.64. The molecule has 0 spiro atoms. The first kappa shape index (κ1) is 25.2. The highest BCUT2D eigenvalue weighted by molar-refractivity contribution is 9.10. The highest BCUT2D eigenvalue weighted by Crippen LogP contribution is 2.28. The van der Waals surface area contributed by atoms with Crippen molar-refractivity contribution in [2.24, 2.45) is 0 Å². The number of hydrogen-bond donors (Lipinski definition) is 2. The zero-order valence-corrected chi connectivity index (χ0v) is 21.2. The maximum atomic E-state index is 13.0. The SMILES string of the molecule is Cc1ccc(NC(=O)COc2ccc(/C=C3/C(=O)NC(=O)N(c4ccccc4)C3=O)cc2Br)cc1Cl. The zero-order valence-electron chi connectivity index (χ0n) is 18.9. The fourth-order valence-corrected chi connectivity index (χ4v) is 4.06. The van der Waals surface area contributed by atoms with Crippen LogP contribution in [-0.2, 0) is 14.4 Å². The van der Waals surface area contributed by atoms with Crippen molar-refractivity contribution in [3.63, 3.8) is 0 Å². The number of ether oxygens (including phenoxy) is 1. The largest absolute Gasteiger partial charge is 0.483 e. The summed E-state index contributed by atoms with van der Waals surface area (Å²) in [4.78, 5) is 50.8. The molecule has 0 aromatic heterocycles. The van der Waals surface area contributed by atoms with Gasteiger partial charge in [0.15, 0.2) is 6.61 Å². The molecule has 1 aliphatic rings. The summed E-state index contributed by atoms with van der Waals surface area (Å²) in [5.74, 6) is -1.52. The van der Waals surface area contributed by atoms with Crippen molar-refractivity contribution in [1.82, 2.24) is 5.32 Å². The van der Waals surface area contributed by atoms with Gasteiger partial charge in [-0.2, -0.15) is 0 Å². The minimum atomic E-state index is -0.815. The number of carbonyl (C=O) groups excluding carboxylic acids is 4. The van der Waals surface area contributed by atoms with Gasteiger partial charge in [-0.3, -0.25) is 19.7 Å². The van der Waals surface area contributed by atoms with Gasteiger partial charge >= 0.3 is 6.03 Å². The number of anilines is 2. The maximum Gasteiger partial charge on any atom is 0.335 e. The number of halogens is 2. The molecule has 36 heavy (non-hydrogen) atoms. The van der Waals surface area contributed by atoms with Gasteiger partial charge in [-0.15, -0.1) is 0 Å². The third-order valence-electron chi connectivity index (χ3n) is 5.20. The maximum absolute atomic E-state index is 13.0. The average Bonchev–Trinajstić information content (AvgIpc) is 2.84. The van der Waals surface area contributed by atoms with Crippen LogP contribution >= 0.6 is 27.5 Å². The highest BCUT2D eigenvalue weighted by atomic mass is 79.9. The lowest BCUT2D eigenvalue weighted by atomic mass is 10.1. The Balaban J connectivity index is 1.46. The molecule has 0 aliphatic carbocycles. The predicted octanol–water partition coefficient (Wildman–Crippen LogP) is 5.09. The van der Waals surface area contributed by atoms with Crippen molar-refractivity contribution in [3.8, 4) is 5.75 Å². The van der Waals surface area contributed by atoms with Crippen LogP contribution in [0.3, 0.4) is 0 Å². The molecule has 8 nitrogen and oxygen atoms in total. The Labute approximate surface area is 220 Å². The number of imide groups is 2. The van der Waals surface area contributed by atoms with E-state index in [1.807, 2.05) is 6.92 Å². The minimum Gasteiger partial charge on any atom is -0.483 e. The molecule has 0 bridgehead atoms. The number of urea groups is 1. The number of carbonyl (C=O) groups is 4. The molecule has 1 aliphatic heterocycles. The van der Waals surface area contributed by atoms with Crippen molar-refractivity contribution in [2.45, 2.75) is 6.92 Å². The second-order valence-electron chi connectivity index (χ2n) is 7.78. The lowest BCUT2D eigenvalue weighted by Crippen LogP contribution is -2.54. The fraction of sp³-hybridized carbons (Fsp3) is 0.0769. The smallest absolute Gasteiger partial charge is 0.335 e. The molecule has 0 atom stereocenters. The van der Waals surface area contributed by atoms with E-state index < -0.39 is 17.8 Å². The van der Waals surface area contributed by atoms with Gasteiger partial charge in [0.1, 0.15) is 11.3 Å². The van der Waals surface area contributed by atoms with Crippen LogP contribution in [0.25, 0.3) is 6.08 Å². The Hall–Kier alpha value is -3.95. The molecule has 10 heteroatoms. The van der Waals surface area contributed by atoms with Crippen LogP contribution in [0.5, 0.6) is 5.75 Å². The molecule has 1 fully saturated rings. The number of barbiturate groups is 1. The molecule has 0 saturated carbocycles. The lowest BCUT2D eigenvalue weighted by Gasteiger charge is -2.26. The number of hydrogen-bond acceptors (Lipinski definition) is 5. The summed E-state index contributed by atoms with van der Waals surface area (Å²) in [6.45, 7) is 1.61. The monoisotopic (exact) mass is 567 g/mol. The van der Waals surface area contributed by atoms with Crippen LogP contribution in [0.4, 0.5) is 16.2 Å². The molecule has 3 aromatic carbocycles. The van der Waals surface area contributed by atoms with Crippen LogP contribution in [0, 0.1) is 6.92 Å². The second kappa shape index (κ2) is 10.8. The average molecular weight is 569 g/mol. The molecule has 1 saturated heterocycles. The van der Waals surface area contributed by atoms with E-state index in [2.05, 4.69) is 26.6 Å². The number of para-hydroxylation sites is 1. The van der Waals surface area contributed by atoms with Gasteiger partial charge in [0.25, 0.3) is 17.7 Å². The van der Waals surface area contributed by atoms with Crippen molar-refractivity contribution in [2.75, 3.05) is 16.8 Å². The van der Waals surface area contributed by atoms with Crippen LogP contribution < -0.4 is 20.3 Å². The van der Waals surface area contributed by atoms with Crippen molar-refractivity contribution in [1.29, 1.82) is 0 Å². The van der Waals surface area contributed by atoms with Crippen molar-refractivity contribution < 1.29 is 23.9 Å². The van der Waals surface area contributed by atoms with Gasteiger partial charge in [-0.1, -0.05) is 41.9 Å². The number of amides is 5. The Morgan fingerprint density at radius 1 is 1.08 bits per heavy atom. The zero-order chi connectivity index (χ0) is 25.8. The van der Waals surface area contributed by atoms with E-state index >= 15 is 0 Å². The lowest BCUT2D eigenvalue weighted by molar-refractivity contribution is -0.122. The molecule has 182 valence electrons. The Morgan fingerprint density at radius 2 is 1.83 bits per heavy atom. The van der Waals surface area contributed by atoms with Gasteiger partial charge in [-0.05, 0) is 76.5 Å². The summed E-state index contributed by atoms with van der Waals surface area (Å²) in [5, 5.41) is 5.44. The molecule has 2 N–H and O–H groups in total. The summed E-state index contributed by atoms with van der Waals surface area (Å²) >= 11 is 9.46. The second-order valence-corrected chi connectivity index (χ2v) is 9.05. The molecule has 1 heterocycles. The first-order valence-corrected chi connectivity index (χ1v) is 11.8. The van der Waals surface area contributed by atoms with E-state index in [1.54, 1.807) is 66.7 Å². The topological polar surface area (TPSA) is 105 Å². The highest BCUT2D eigenvalue weighted by Gasteiger charge is 2.36. The Kier molecular flexibility index (Phi) is 7.52. The molecule has 4 rings (SSSR count). The molecule has 3 aromatic rings. The van der Waals surface area contributed by atoms with Crippen molar-refractivity contribution >= 4 is 68.7 Å². The Bertz CT molecular complexity index is 1410. The van der Waals surface area contributed by atoms with Crippen molar-refractivity contribution in [3.05, 3.63) is 92.9 Å². The number of nitrogens with one attached hydrogen (secondary N) is 2. The van der Waals surface area contributed by atoms with Crippen LogP contribution in [0.15, 0.2) is 76.8 Å². The Morgan fingerprint density at radius 3 is 2.53 bits per heavy atom. The summed E-state index contributed by atoms with van der Waals surface area (Å²) < 4.78 is 6.09. The summed E-state index contributed by atoms with van der Waals surface area (Å²) in [6, 6.07) is 17.5. The van der Waals surface area contributed by atoms with Gasteiger partial charge < -0.3 is 10.1 Å².